The number of carbonyl (C=O) groups is 2. The molecule has 6 heteroatoms. The maximum absolute atomic E-state index is 12.4. The lowest BCUT2D eigenvalue weighted by Crippen LogP contribution is -2.30. The van der Waals surface area contributed by atoms with Gasteiger partial charge in [-0.15, -0.1) is 0 Å². The summed E-state index contributed by atoms with van der Waals surface area (Å²) in [5, 5.41) is 4.15. The molecule has 4 nitrogen and oxygen atoms in total. The van der Waals surface area contributed by atoms with Crippen LogP contribution in [0.2, 0.25) is 10.0 Å². The number of hydrogen-bond donors (Lipinski definition) is 1. The fourth-order valence-corrected chi connectivity index (χ4v) is 3.11. The van der Waals surface area contributed by atoms with Gasteiger partial charge in [0.15, 0.2) is 0 Å². The van der Waals surface area contributed by atoms with Crippen molar-refractivity contribution in [3.63, 3.8) is 0 Å². The largest absolute Gasteiger partial charge is 0.342 e. The fraction of sp³-hybridized carbons (Fsp3) is 0.263. The summed E-state index contributed by atoms with van der Waals surface area (Å²) in [5.74, 6) is -0.441. The van der Waals surface area contributed by atoms with Crippen LogP contribution < -0.4 is 5.32 Å². The summed E-state index contributed by atoms with van der Waals surface area (Å²) in [4.78, 5) is 26.3. The highest BCUT2D eigenvalue weighted by molar-refractivity contribution is 6.30. The second kappa shape index (κ2) is 7.89. The number of carbonyl (C=O) groups excluding carboxylic acids is 2. The number of likely N-dealkylation sites (tertiary alicyclic amines) is 1. The molecule has 1 aliphatic rings. The van der Waals surface area contributed by atoms with E-state index in [-0.39, 0.29) is 24.2 Å². The van der Waals surface area contributed by atoms with Crippen LogP contribution in [0.3, 0.4) is 0 Å². The summed E-state index contributed by atoms with van der Waals surface area (Å²) in [6.07, 6.45) is 0.995. The van der Waals surface area contributed by atoms with Crippen LogP contribution in [-0.4, -0.2) is 29.8 Å². The molecule has 1 heterocycles. The summed E-state index contributed by atoms with van der Waals surface area (Å²) in [5.41, 5.74) is 1.80. The molecule has 0 saturated carbocycles. The van der Waals surface area contributed by atoms with Gasteiger partial charge in [0.05, 0.1) is 5.92 Å². The molecule has 0 aliphatic carbocycles. The van der Waals surface area contributed by atoms with E-state index < -0.39 is 0 Å². The van der Waals surface area contributed by atoms with Crippen molar-refractivity contribution < 1.29 is 9.59 Å². The first-order chi connectivity index (χ1) is 12.0. The lowest BCUT2D eigenvalue weighted by atomic mass is 10.1. The summed E-state index contributed by atoms with van der Waals surface area (Å²) >= 11 is 11.7. The Morgan fingerprint density at radius 2 is 1.64 bits per heavy atom. The molecule has 1 N–H and O–H groups in total. The minimum atomic E-state index is -0.326. The Morgan fingerprint density at radius 1 is 1.04 bits per heavy atom. The van der Waals surface area contributed by atoms with Gasteiger partial charge in [-0.3, -0.25) is 9.59 Å². The predicted octanol–water partition coefficient (Wildman–Crippen LogP) is 4.02. The van der Waals surface area contributed by atoms with Crippen LogP contribution in [0.25, 0.3) is 0 Å². The van der Waals surface area contributed by atoms with Gasteiger partial charge in [0, 0.05) is 35.2 Å². The molecular formula is C19H18Cl2N2O2. The second-order valence-corrected chi connectivity index (χ2v) is 6.99. The molecule has 1 aliphatic heterocycles. The third-order valence-electron chi connectivity index (χ3n) is 4.28. The van der Waals surface area contributed by atoms with Crippen molar-refractivity contribution in [1.82, 2.24) is 4.90 Å². The number of anilines is 1. The maximum Gasteiger partial charge on any atom is 0.229 e. The molecule has 130 valence electrons. The number of nitrogens with zero attached hydrogens (tertiary/aromatic N) is 1. The van der Waals surface area contributed by atoms with Gasteiger partial charge in [0.2, 0.25) is 11.8 Å². The number of nitrogens with one attached hydrogen (secondary N) is 1. The van der Waals surface area contributed by atoms with E-state index >= 15 is 0 Å². The van der Waals surface area contributed by atoms with E-state index in [0.29, 0.717) is 28.8 Å². The van der Waals surface area contributed by atoms with Crippen LogP contribution in [0.5, 0.6) is 0 Å². The lowest BCUT2D eigenvalue weighted by Gasteiger charge is -2.16. The summed E-state index contributed by atoms with van der Waals surface area (Å²) < 4.78 is 0. The Morgan fingerprint density at radius 3 is 2.28 bits per heavy atom. The van der Waals surface area contributed by atoms with Gasteiger partial charge in [-0.2, -0.15) is 0 Å². The topological polar surface area (TPSA) is 49.4 Å². The smallest absolute Gasteiger partial charge is 0.229 e. The molecule has 2 aromatic carbocycles. The van der Waals surface area contributed by atoms with Gasteiger partial charge in [0.25, 0.3) is 0 Å². The molecule has 0 radical (unpaired) electrons. The summed E-state index contributed by atoms with van der Waals surface area (Å²) in [6, 6.07) is 14.5. The quantitative estimate of drug-likeness (QED) is 0.856. The Kier molecular flexibility index (Phi) is 5.61. The van der Waals surface area contributed by atoms with Gasteiger partial charge < -0.3 is 10.2 Å². The van der Waals surface area contributed by atoms with E-state index in [2.05, 4.69) is 5.32 Å². The molecule has 0 spiro atoms. The van der Waals surface area contributed by atoms with Crippen molar-refractivity contribution >= 4 is 40.7 Å². The molecule has 1 saturated heterocycles. The van der Waals surface area contributed by atoms with Crippen LogP contribution >= 0.6 is 23.2 Å². The van der Waals surface area contributed by atoms with Crippen LogP contribution in [0.1, 0.15) is 12.0 Å². The predicted molar refractivity (Wildman–Crippen MR) is 99.9 cm³/mol. The standard InChI is InChI=1S/C19H18Cl2N2O2/c20-15-3-1-13(2-4-15)9-10-23-12-14(11-18(23)24)19(25)22-17-7-5-16(21)6-8-17/h1-8,14H,9-12H2,(H,22,25)/t14-/m1/s1. The average molecular weight is 377 g/mol. The van der Waals surface area contributed by atoms with Crippen molar-refractivity contribution in [2.75, 3.05) is 18.4 Å². The Hall–Kier alpha value is -2.04. The number of rotatable bonds is 5. The van der Waals surface area contributed by atoms with Gasteiger partial charge >= 0.3 is 0 Å². The monoisotopic (exact) mass is 376 g/mol. The first-order valence-corrected chi connectivity index (χ1v) is 8.85. The SMILES string of the molecule is O=C(Nc1ccc(Cl)cc1)[C@@H]1CC(=O)N(CCc2ccc(Cl)cc2)C1. The summed E-state index contributed by atoms with van der Waals surface area (Å²) in [7, 11) is 0. The first-order valence-electron chi connectivity index (χ1n) is 8.10. The van der Waals surface area contributed by atoms with Crippen molar-refractivity contribution in [1.29, 1.82) is 0 Å². The van der Waals surface area contributed by atoms with Crippen LogP contribution in [-0.2, 0) is 16.0 Å². The second-order valence-electron chi connectivity index (χ2n) is 6.11. The van der Waals surface area contributed by atoms with Crippen LogP contribution in [0, 0.1) is 5.92 Å². The fourth-order valence-electron chi connectivity index (χ4n) is 2.86. The van der Waals surface area contributed by atoms with Gasteiger partial charge in [-0.1, -0.05) is 35.3 Å². The van der Waals surface area contributed by atoms with E-state index in [1.165, 1.54) is 0 Å². The van der Waals surface area contributed by atoms with E-state index in [4.69, 9.17) is 23.2 Å². The summed E-state index contributed by atoms with van der Waals surface area (Å²) in [6.45, 7) is 1.05. The molecular weight excluding hydrogens is 359 g/mol. The lowest BCUT2D eigenvalue weighted by molar-refractivity contribution is -0.128. The van der Waals surface area contributed by atoms with E-state index in [1.807, 2.05) is 24.3 Å². The first kappa shape index (κ1) is 17.8. The van der Waals surface area contributed by atoms with Gasteiger partial charge in [-0.05, 0) is 48.4 Å². The minimum absolute atomic E-state index is 0.0187. The van der Waals surface area contributed by atoms with Crippen LogP contribution in [0.15, 0.2) is 48.5 Å². The van der Waals surface area contributed by atoms with Gasteiger partial charge in [-0.25, -0.2) is 0 Å². The zero-order valence-corrected chi connectivity index (χ0v) is 15.1. The average Bonchev–Trinajstić information content (AvgIpc) is 2.97. The van der Waals surface area contributed by atoms with Gasteiger partial charge in [0.1, 0.15) is 0 Å². The minimum Gasteiger partial charge on any atom is -0.342 e. The van der Waals surface area contributed by atoms with Crippen molar-refractivity contribution in [2.24, 2.45) is 5.92 Å². The molecule has 0 bridgehead atoms. The zero-order valence-electron chi connectivity index (χ0n) is 13.5. The molecule has 1 fully saturated rings. The molecule has 1 atom stereocenters. The number of halogens is 2. The third kappa shape index (κ3) is 4.74. The number of benzene rings is 2. The highest BCUT2D eigenvalue weighted by atomic mass is 35.5. The number of amides is 2. The zero-order chi connectivity index (χ0) is 17.8. The maximum atomic E-state index is 12.4. The van der Waals surface area contributed by atoms with Crippen molar-refractivity contribution in [2.45, 2.75) is 12.8 Å². The Balaban J connectivity index is 1.53. The van der Waals surface area contributed by atoms with E-state index in [1.54, 1.807) is 29.2 Å². The van der Waals surface area contributed by atoms with E-state index in [9.17, 15) is 9.59 Å². The van der Waals surface area contributed by atoms with E-state index in [0.717, 1.165) is 12.0 Å². The molecule has 0 aromatic heterocycles. The van der Waals surface area contributed by atoms with Crippen molar-refractivity contribution in [3.8, 4) is 0 Å². The molecule has 2 aromatic rings. The molecule has 0 unspecified atom stereocenters. The third-order valence-corrected chi connectivity index (χ3v) is 4.78. The molecule has 2 amide bonds. The van der Waals surface area contributed by atoms with Crippen molar-refractivity contribution in [3.05, 3.63) is 64.1 Å². The highest BCUT2D eigenvalue weighted by Crippen LogP contribution is 2.21. The highest BCUT2D eigenvalue weighted by Gasteiger charge is 2.33. The molecule has 3 rings (SSSR count). The Bertz CT molecular complexity index is 760. The number of hydrogen-bond acceptors (Lipinski definition) is 2. The Labute approximate surface area is 156 Å². The normalized spacial score (nSPS) is 17.0. The van der Waals surface area contributed by atoms with Crippen LogP contribution in [0.4, 0.5) is 5.69 Å². The molecule has 25 heavy (non-hydrogen) atoms.